The average Bonchev–Trinajstić information content (AvgIpc) is 3.45. The van der Waals surface area contributed by atoms with Crippen molar-refractivity contribution in [3.63, 3.8) is 0 Å². The summed E-state index contributed by atoms with van der Waals surface area (Å²) in [5.41, 5.74) is 1.27. The molecule has 3 aromatic rings. The first kappa shape index (κ1) is 20.8. The lowest BCUT2D eigenvalue weighted by atomic mass is 10.1. The third kappa shape index (κ3) is 5.00. The van der Waals surface area contributed by atoms with E-state index in [0.29, 0.717) is 22.8 Å². The summed E-state index contributed by atoms with van der Waals surface area (Å²) in [6.45, 7) is 2.20. The third-order valence-electron chi connectivity index (χ3n) is 4.71. The summed E-state index contributed by atoms with van der Waals surface area (Å²) in [4.78, 5) is 14.9. The first-order chi connectivity index (χ1) is 14.9. The molecular weight excluding hydrogens is 422 g/mol. The second-order valence-electron chi connectivity index (χ2n) is 6.88. The predicted octanol–water partition coefficient (Wildman–Crippen LogP) is 3.58. The molecule has 31 heavy (non-hydrogen) atoms. The van der Waals surface area contributed by atoms with Gasteiger partial charge in [0.1, 0.15) is 11.5 Å². The van der Waals surface area contributed by atoms with Crippen molar-refractivity contribution in [2.45, 2.75) is 20.0 Å². The maximum atomic E-state index is 13.3. The van der Waals surface area contributed by atoms with Gasteiger partial charge in [0.15, 0.2) is 11.5 Å². The number of hydrogen-bond acceptors (Lipinski definition) is 7. The van der Waals surface area contributed by atoms with Gasteiger partial charge in [-0.2, -0.15) is 8.42 Å². The zero-order valence-corrected chi connectivity index (χ0v) is 17.6. The van der Waals surface area contributed by atoms with Crippen LogP contribution >= 0.6 is 0 Å². The van der Waals surface area contributed by atoms with Crippen LogP contribution in [0.25, 0.3) is 0 Å². The zero-order chi connectivity index (χ0) is 21.8. The molecular formula is C22H21NO7S. The van der Waals surface area contributed by atoms with Crippen LogP contribution < -0.4 is 13.7 Å². The van der Waals surface area contributed by atoms with Crippen molar-refractivity contribution in [1.82, 2.24) is 4.90 Å². The fourth-order valence-electron chi connectivity index (χ4n) is 3.08. The molecule has 0 fully saturated rings. The Bertz CT molecular complexity index is 1160. The monoisotopic (exact) mass is 443 g/mol. The Kier molecular flexibility index (Phi) is 5.85. The summed E-state index contributed by atoms with van der Waals surface area (Å²) < 4.78 is 44.4. The molecule has 0 atom stereocenters. The Morgan fingerprint density at radius 2 is 1.81 bits per heavy atom. The van der Waals surface area contributed by atoms with E-state index in [1.54, 1.807) is 65.8 Å². The summed E-state index contributed by atoms with van der Waals surface area (Å²) in [6, 6.07) is 15.2. The number of fused-ring (bicyclic) bond motifs is 1. The van der Waals surface area contributed by atoms with Crippen LogP contribution in [0.5, 0.6) is 17.2 Å². The van der Waals surface area contributed by atoms with Gasteiger partial charge in [-0.15, -0.1) is 0 Å². The number of carbonyl (C=O) groups excluding carboxylic acids is 1. The molecule has 2 heterocycles. The summed E-state index contributed by atoms with van der Waals surface area (Å²) >= 11 is 0. The third-order valence-corrected chi connectivity index (χ3v) is 5.86. The zero-order valence-electron chi connectivity index (χ0n) is 16.8. The molecule has 0 unspecified atom stereocenters. The number of rotatable bonds is 8. The van der Waals surface area contributed by atoms with Crippen molar-refractivity contribution in [3.05, 3.63) is 77.7 Å². The molecule has 0 N–H and O–H groups in total. The molecule has 1 aliphatic rings. The van der Waals surface area contributed by atoms with E-state index < -0.39 is 10.1 Å². The number of carbonyl (C=O) groups is 1. The Morgan fingerprint density at radius 1 is 1.03 bits per heavy atom. The number of hydrogen-bond donors (Lipinski definition) is 0. The summed E-state index contributed by atoms with van der Waals surface area (Å²) in [5, 5.41) is 0. The topological polar surface area (TPSA) is 95.3 Å². The molecule has 0 radical (unpaired) electrons. The molecule has 9 heteroatoms. The second kappa shape index (κ2) is 8.73. The molecule has 8 nitrogen and oxygen atoms in total. The minimum Gasteiger partial charge on any atom is -0.467 e. The number of ether oxygens (including phenoxy) is 2. The molecule has 4 rings (SSSR count). The van der Waals surface area contributed by atoms with Gasteiger partial charge >= 0.3 is 10.1 Å². The Balaban J connectivity index is 1.54. The number of furan rings is 1. The normalized spacial score (nSPS) is 12.5. The molecule has 2 aromatic carbocycles. The fourth-order valence-corrected chi connectivity index (χ4v) is 3.60. The highest BCUT2D eigenvalue weighted by Gasteiger charge is 2.22. The Labute approximate surface area is 180 Å². The van der Waals surface area contributed by atoms with Crippen LogP contribution in [0, 0.1) is 0 Å². The van der Waals surface area contributed by atoms with E-state index >= 15 is 0 Å². The van der Waals surface area contributed by atoms with Gasteiger partial charge in [-0.25, -0.2) is 0 Å². The highest BCUT2D eigenvalue weighted by Crippen LogP contribution is 2.33. The molecule has 0 saturated carbocycles. The second-order valence-corrected chi connectivity index (χ2v) is 8.74. The first-order valence-corrected chi connectivity index (χ1v) is 11.2. The van der Waals surface area contributed by atoms with Gasteiger partial charge < -0.3 is 23.0 Å². The van der Waals surface area contributed by atoms with E-state index in [0.717, 1.165) is 5.56 Å². The van der Waals surface area contributed by atoms with Gasteiger partial charge in [0.2, 0.25) is 6.79 Å². The minimum atomic E-state index is -3.60. The van der Waals surface area contributed by atoms with Crippen LogP contribution in [0.2, 0.25) is 0 Å². The Morgan fingerprint density at radius 3 is 2.52 bits per heavy atom. The quantitative estimate of drug-likeness (QED) is 0.491. The summed E-state index contributed by atoms with van der Waals surface area (Å²) in [7, 11) is -3.60. The summed E-state index contributed by atoms with van der Waals surface area (Å²) in [6.07, 6.45) is 1.55. The number of benzene rings is 2. The lowest BCUT2D eigenvalue weighted by molar-refractivity contribution is 0.0717. The van der Waals surface area contributed by atoms with Crippen molar-refractivity contribution in [2.75, 3.05) is 12.5 Å². The summed E-state index contributed by atoms with van der Waals surface area (Å²) in [5.74, 6) is 1.68. The van der Waals surface area contributed by atoms with E-state index in [1.165, 1.54) is 6.92 Å². The minimum absolute atomic E-state index is 0.115. The van der Waals surface area contributed by atoms with E-state index in [4.69, 9.17) is 18.1 Å². The van der Waals surface area contributed by atoms with Crippen molar-refractivity contribution in [2.24, 2.45) is 0 Å². The van der Waals surface area contributed by atoms with Crippen LogP contribution in [0.3, 0.4) is 0 Å². The van der Waals surface area contributed by atoms with Gasteiger partial charge in [-0.1, -0.05) is 12.1 Å². The average molecular weight is 443 g/mol. The van der Waals surface area contributed by atoms with Gasteiger partial charge in [-0.05, 0) is 55.0 Å². The van der Waals surface area contributed by atoms with E-state index in [2.05, 4.69) is 0 Å². The maximum absolute atomic E-state index is 13.3. The lowest BCUT2D eigenvalue weighted by Crippen LogP contribution is -2.30. The number of nitrogens with zero attached hydrogens (tertiary/aromatic N) is 1. The molecule has 162 valence electrons. The highest BCUT2D eigenvalue weighted by molar-refractivity contribution is 7.87. The van der Waals surface area contributed by atoms with Crippen molar-refractivity contribution >= 4 is 16.0 Å². The van der Waals surface area contributed by atoms with Crippen LogP contribution in [-0.2, 0) is 23.2 Å². The SMILES string of the molecule is CCS(=O)(=O)Oc1ccc(CN(Cc2ccco2)C(=O)c2ccc3c(c2)OCO3)cc1. The van der Waals surface area contributed by atoms with Crippen molar-refractivity contribution in [3.8, 4) is 17.2 Å². The van der Waals surface area contributed by atoms with Crippen LogP contribution in [0.1, 0.15) is 28.6 Å². The largest absolute Gasteiger partial charge is 0.467 e. The van der Waals surface area contributed by atoms with Gasteiger partial charge in [-0.3, -0.25) is 4.79 Å². The highest BCUT2D eigenvalue weighted by atomic mass is 32.2. The molecule has 0 spiro atoms. The number of amides is 1. The predicted molar refractivity (Wildman–Crippen MR) is 111 cm³/mol. The van der Waals surface area contributed by atoms with E-state index in [-0.39, 0.29) is 37.3 Å². The molecule has 1 amide bonds. The van der Waals surface area contributed by atoms with Crippen LogP contribution in [0.4, 0.5) is 0 Å². The molecule has 0 bridgehead atoms. The molecule has 0 aliphatic carbocycles. The molecule has 1 aliphatic heterocycles. The van der Waals surface area contributed by atoms with Gasteiger partial charge in [0, 0.05) is 12.1 Å². The fraction of sp³-hybridized carbons (Fsp3) is 0.227. The standard InChI is InChI=1S/C22H21NO7S/c1-2-31(25,26)30-18-8-5-16(6-9-18)13-23(14-19-4-3-11-27-19)22(24)17-7-10-20-21(12-17)29-15-28-20/h3-12H,2,13-15H2,1H3. The smallest absolute Gasteiger partial charge is 0.308 e. The Hall–Kier alpha value is -3.46. The van der Waals surface area contributed by atoms with E-state index in [9.17, 15) is 13.2 Å². The van der Waals surface area contributed by atoms with Gasteiger partial charge in [0.05, 0.1) is 18.6 Å². The van der Waals surface area contributed by atoms with Crippen LogP contribution in [0.15, 0.2) is 65.3 Å². The van der Waals surface area contributed by atoms with Crippen molar-refractivity contribution < 1.29 is 31.3 Å². The maximum Gasteiger partial charge on any atom is 0.308 e. The van der Waals surface area contributed by atoms with Crippen LogP contribution in [-0.4, -0.2) is 31.8 Å². The first-order valence-electron chi connectivity index (χ1n) is 9.66. The van der Waals surface area contributed by atoms with Crippen molar-refractivity contribution in [1.29, 1.82) is 0 Å². The molecule has 0 saturated heterocycles. The van der Waals surface area contributed by atoms with E-state index in [1.807, 2.05) is 0 Å². The van der Waals surface area contributed by atoms with Gasteiger partial charge in [0.25, 0.3) is 5.91 Å². The lowest BCUT2D eigenvalue weighted by Gasteiger charge is -2.22. The molecule has 1 aromatic heterocycles.